The molecule has 4 heteroatoms. The molecule has 0 heterocycles. The van der Waals surface area contributed by atoms with Gasteiger partial charge in [0.2, 0.25) is 0 Å². The van der Waals surface area contributed by atoms with Crippen LogP contribution in [0.25, 0.3) is 0 Å². The van der Waals surface area contributed by atoms with Gasteiger partial charge in [-0.3, -0.25) is 4.79 Å². The van der Waals surface area contributed by atoms with Crippen LogP contribution >= 0.6 is 0 Å². The maximum Gasteiger partial charge on any atom is 0.306 e. The van der Waals surface area contributed by atoms with E-state index in [4.69, 9.17) is 10.8 Å². The molecule has 0 aromatic heterocycles. The van der Waals surface area contributed by atoms with Crippen molar-refractivity contribution >= 4 is 11.7 Å². The molecule has 15 heavy (non-hydrogen) atoms. The largest absolute Gasteiger partial charge is 0.506 e. The number of aryl methyl sites for hydroxylation is 1. The predicted octanol–water partition coefficient (Wildman–Crippen LogP) is 1.63. The van der Waals surface area contributed by atoms with Crippen molar-refractivity contribution in [1.29, 1.82) is 0 Å². The van der Waals surface area contributed by atoms with Gasteiger partial charge in [-0.25, -0.2) is 0 Å². The molecule has 0 aliphatic carbocycles. The van der Waals surface area contributed by atoms with Gasteiger partial charge in [0, 0.05) is 0 Å². The number of phenolic OH excluding ortho intramolecular Hbond substituents is 1. The van der Waals surface area contributed by atoms with Gasteiger partial charge in [-0.05, 0) is 24.5 Å². The summed E-state index contributed by atoms with van der Waals surface area (Å²) in [6.07, 6.45) is 1.01. The molecule has 0 radical (unpaired) electrons. The van der Waals surface area contributed by atoms with Gasteiger partial charge in [-0.15, -0.1) is 0 Å². The van der Waals surface area contributed by atoms with Gasteiger partial charge in [0.15, 0.2) is 0 Å². The highest BCUT2D eigenvalue weighted by atomic mass is 16.4. The maximum absolute atomic E-state index is 10.6. The molecule has 4 N–H and O–H groups in total. The molecule has 1 aromatic rings. The van der Waals surface area contributed by atoms with Crippen LogP contribution in [0.5, 0.6) is 5.75 Å². The van der Waals surface area contributed by atoms with E-state index in [0.717, 1.165) is 0 Å². The van der Waals surface area contributed by atoms with Crippen molar-refractivity contribution < 1.29 is 15.0 Å². The molecule has 0 spiro atoms. The molecule has 0 fully saturated rings. The van der Waals surface area contributed by atoms with Crippen molar-refractivity contribution in [3.63, 3.8) is 0 Å². The number of nitrogens with two attached hydrogens (primary N) is 1. The van der Waals surface area contributed by atoms with Crippen LogP contribution in [0.15, 0.2) is 18.2 Å². The lowest BCUT2D eigenvalue weighted by Gasteiger charge is -2.08. The summed E-state index contributed by atoms with van der Waals surface area (Å²) in [7, 11) is 0. The van der Waals surface area contributed by atoms with Crippen molar-refractivity contribution in [2.24, 2.45) is 5.92 Å². The highest BCUT2D eigenvalue weighted by Crippen LogP contribution is 2.26. The highest BCUT2D eigenvalue weighted by Gasteiger charge is 2.12. The van der Waals surface area contributed by atoms with Crippen LogP contribution in [0.2, 0.25) is 0 Å². The minimum Gasteiger partial charge on any atom is -0.506 e. The third-order valence-corrected chi connectivity index (χ3v) is 2.42. The minimum absolute atomic E-state index is 0.0649. The molecule has 0 bridgehead atoms. The normalized spacial score (nSPS) is 12.3. The first-order valence-electron chi connectivity index (χ1n) is 4.81. The Labute approximate surface area is 88.3 Å². The fourth-order valence-electron chi connectivity index (χ4n) is 1.31. The summed E-state index contributed by atoms with van der Waals surface area (Å²) in [5, 5.41) is 18.3. The Morgan fingerprint density at radius 1 is 1.53 bits per heavy atom. The van der Waals surface area contributed by atoms with Gasteiger partial charge in [-0.2, -0.15) is 0 Å². The first kappa shape index (κ1) is 11.4. The van der Waals surface area contributed by atoms with Gasteiger partial charge in [0.05, 0.1) is 11.6 Å². The molecule has 82 valence electrons. The third kappa shape index (κ3) is 2.87. The van der Waals surface area contributed by atoms with Crippen LogP contribution in [-0.2, 0) is 11.2 Å². The Morgan fingerprint density at radius 3 is 2.80 bits per heavy atom. The van der Waals surface area contributed by atoms with E-state index in [1.165, 1.54) is 0 Å². The van der Waals surface area contributed by atoms with Gasteiger partial charge in [-0.1, -0.05) is 19.1 Å². The fourth-order valence-corrected chi connectivity index (χ4v) is 1.31. The standard InChI is InChI=1S/C11H15NO3/c1-7(11(14)15)5-6-8-3-2-4-9(12)10(8)13/h2-4,7,13H,5-6,12H2,1H3,(H,14,15)/t7-/m0/s1. The molecule has 0 saturated heterocycles. The smallest absolute Gasteiger partial charge is 0.306 e. The quantitative estimate of drug-likeness (QED) is 0.519. The Balaban J connectivity index is 2.66. The molecular weight excluding hydrogens is 194 g/mol. The topological polar surface area (TPSA) is 83.5 Å². The number of carboxylic acid groups (broad SMARTS) is 1. The second-order valence-corrected chi connectivity index (χ2v) is 3.63. The van der Waals surface area contributed by atoms with Gasteiger partial charge < -0.3 is 15.9 Å². The number of carboxylic acids is 1. The fraction of sp³-hybridized carbons (Fsp3) is 0.364. The Hall–Kier alpha value is -1.71. The number of aliphatic carboxylic acids is 1. The van der Waals surface area contributed by atoms with Crippen LogP contribution < -0.4 is 5.73 Å². The van der Waals surface area contributed by atoms with Crippen LogP contribution in [-0.4, -0.2) is 16.2 Å². The predicted molar refractivity (Wildman–Crippen MR) is 57.6 cm³/mol. The molecule has 1 atom stereocenters. The number of hydrogen-bond donors (Lipinski definition) is 3. The van der Waals surface area contributed by atoms with E-state index in [0.29, 0.717) is 24.1 Å². The Morgan fingerprint density at radius 2 is 2.20 bits per heavy atom. The summed E-state index contributed by atoms with van der Waals surface area (Å²) in [6, 6.07) is 5.11. The number of anilines is 1. The monoisotopic (exact) mass is 209 g/mol. The van der Waals surface area contributed by atoms with Crippen LogP contribution in [0, 0.1) is 5.92 Å². The lowest BCUT2D eigenvalue weighted by Crippen LogP contribution is -2.10. The number of rotatable bonds is 4. The molecule has 1 rings (SSSR count). The number of para-hydroxylation sites is 1. The summed E-state index contributed by atoms with van der Waals surface area (Å²) in [4.78, 5) is 10.6. The molecule has 0 aliphatic heterocycles. The first-order valence-corrected chi connectivity index (χ1v) is 4.81. The molecule has 1 aromatic carbocycles. The second kappa shape index (κ2) is 4.68. The van der Waals surface area contributed by atoms with E-state index in [2.05, 4.69) is 0 Å². The average Bonchev–Trinajstić information content (AvgIpc) is 2.19. The van der Waals surface area contributed by atoms with Crippen molar-refractivity contribution in [1.82, 2.24) is 0 Å². The maximum atomic E-state index is 10.6. The molecule has 0 aliphatic rings. The zero-order valence-electron chi connectivity index (χ0n) is 8.60. The molecular formula is C11H15NO3. The van der Waals surface area contributed by atoms with Crippen LogP contribution in [0.1, 0.15) is 18.9 Å². The Kier molecular flexibility index (Phi) is 3.55. The van der Waals surface area contributed by atoms with Crippen LogP contribution in [0.3, 0.4) is 0 Å². The zero-order chi connectivity index (χ0) is 11.4. The van der Waals surface area contributed by atoms with E-state index in [9.17, 15) is 9.90 Å². The van der Waals surface area contributed by atoms with E-state index in [1.807, 2.05) is 0 Å². The van der Waals surface area contributed by atoms with Gasteiger partial charge in [0.25, 0.3) is 0 Å². The molecule has 0 unspecified atom stereocenters. The summed E-state index contributed by atoms with van der Waals surface area (Å²) in [5.41, 5.74) is 6.55. The highest BCUT2D eigenvalue weighted by molar-refractivity contribution is 5.69. The SMILES string of the molecule is C[C@@H](CCc1cccc(N)c1O)C(=O)O. The third-order valence-electron chi connectivity index (χ3n) is 2.42. The van der Waals surface area contributed by atoms with Gasteiger partial charge >= 0.3 is 5.97 Å². The lowest BCUT2D eigenvalue weighted by molar-refractivity contribution is -0.141. The number of benzene rings is 1. The molecule has 4 nitrogen and oxygen atoms in total. The van der Waals surface area contributed by atoms with Crippen molar-refractivity contribution in [3.05, 3.63) is 23.8 Å². The van der Waals surface area contributed by atoms with Crippen molar-refractivity contribution in [3.8, 4) is 5.75 Å². The van der Waals surface area contributed by atoms with E-state index >= 15 is 0 Å². The first-order chi connectivity index (χ1) is 7.02. The molecule has 0 amide bonds. The van der Waals surface area contributed by atoms with E-state index < -0.39 is 11.9 Å². The second-order valence-electron chi connectivity index (χ2n) is 3.63. The number of hydrogen-bond acceptors (Lipinski definition) is 3. The minimum atomic E-state index is -0.821. The van der Waals surface area contributed by atoms with Crippen LogP contribution in [0.4, 0.5) is 5.69 Å². The number of nitrogen functional groups attached to an aromatic ring is 1. The summed E-state index contributed by atoms with van der Waals surface area (Å²) >= 11 is 0. The number of carbonyl (C=O) groups is 1. The summed E-state index contributed by atoms with van der Waals surface area (Å²) in [6.45, 7) is 1.64. The van der Waals surface area contributed by atoms with Gasteiger partial charge in [0.1, 0.15) is 5.75 Å². The molecule has 0 saturated carbocycles. The van der Waals surface area contributed by atoms with Crippen molar-refractivity contribution in [2.75, 3.05) is 5.73 Å². The zero-order valence-corrected chi connectivity index (χ0v) is 8.60. The van der Waals surface area contributed by atoms with E-state index in [-0.39, 0.29) is 5.75 Å². The Bertz CT molecular complexity index is 363. The summed E-state index contributed by atoms with van der Waals surface area (Å²) < 4.78 is 0. The van der Waals surface area contributed by atoms with E-state index in [1.54, 1.807) is 25.1 Å². The number of aromatic hydroxyl groups is 1. The number of phenols is 1. The van der Waals surface area contributed by atoms with Crippen molar-refractivity contribution in [2.45, 2.75) is 19.8 Å². The lowest BCUT2D eigenvalue weighted by atomic mass is 10.0. The average molecular weight is 209 g/mol. The summed E-state index contributed by atoms with van der Waals surface area (Å²) in [5.74, 6) is -1.17.